The summed E-state index contributed by atoms with van der Waals surface area (Å²) in [5, 5.41) is 0. The molecule has 1 aliphatic rings. The van der Waals surface area contributed by atoms with E-state index in [4.69, 9.17) is 0 Å². The molecule has 0 fully saturated rings. The number of aliphatic imine (C=N–C) groups is 1. The molecule has 0 aromatic rings. The second-order valence-corrected chi connectivity index (χ2v) is 4.24. The third kappa shape index (κ3) is 4.28. The molecule has 0 aromatic carbocycles. The quantitative estimate of drug-likeness (QED) is 0.414. The van der Waals surface area contributed by atoms with Crippen LogP contribution >= 0.6 is 22.6 Å². The summed E-state index contributed by atoms with van der Waals surface area (Å²) < 4.78 is 1.31. The largest absolute Gasteiger partial charge is 0.361 e. The van der Waals surface area contributed by atoms with Crippen LogP contribution in [0.15, 0.2) is 4.99 Å². The lowest BCUT2D eigenvalue weighted by atomic mass is 10.2. The number of nitrogens with zero attached hydrogens (tertiary/aromatic N) is 2. The summed E-state index contributed by atoms with van der Waals surface area (Å²) in [5.74, 6) is 0. The lowest BCUT2D eigenvalue weighted by molar-refractivity contribution is 0.443. The fourth-order valence-corrected chi connectivity index (χ4v) is 1.89. The molecule has 0 saturated carbocycles. The summed E-state index contributed by atoms with van der Waals surface area (Å²) in [7, 11) is 0. The number of rotatable bonds is 6. The van der Waals surface area contributed by atoms with Crippen LogP contribution in [-0.4, -0.2) is 35.3 Å². The van der Waals surface area contributed by atoms with Gasteiger partial charge in [0, 0.05) is 13.1 Å². The van der Waals surface area contributed by atoms with E-state index in [1.54, 1.807) is 0 Å². The Hall–Kier alpha value is 0.200. The molecule has 0 amide bonds. The van der Waals surface area contributed by atoms with Crippen LogP contribution in [0.25, 0.3) is 0 Å². The maximum Gasteiger partial charge on any atom is 0.0851 e. The topological polar surface area (TPSA) is 15.6 Å². The van der Waals surface area contributed by atoms with Crippen molar-refractivity contribution in [1.82, 2.24) is 4.90 Å². The van der Waals surface area contributed by atoms with Gasteiger partial charge in [-0.1, -0.05) is 35.4 Å². The van der Waals surface area contributed by atoms with Crippen molar-refractivity contribution in [2.45, 2.75) is 25.7 Å². The molecule has 0 atom stereocenters. The molecule has 1 rings (SSSR count). The first-order valence-corrected chi connectivity index (χ1v) is 6.26. The van der Waals surface area contributed by atoms with Crippen molar-refractivity contribution in [1.29, 1.82) is 0 Å². The molecule has 0 radical (unpaired) electrons. The monoisotopic (exact) mass is 280 g/mol. The second kappa shape index (κ2) is 6.69. The normalized spacial score (nSPS) is 15.9. The molecule has 3 heteroatoms. The van der Waals surface area contributed by atoms with Crippen molar-refractivity contribution in [2.24, 2.45) is 4.99 Å². The summed E-state index contributed by atoms with van der Waals surface area (Å²) in [5.41, 5.74) is 0. The van der Waals surface area contributed by atoms with Crippen LogP contribution in [0.1, 0.15) is 25.7 Å². The molecule has 2 nitrogen and oxygen atoms in total. The van der Waals surface area contributed by atoms with E-state index < -0.39 is 0 Å². The summed E-state index contributed by atoms with van der Waals surface area (Å²) in [6, 6.07) is 0. The van der Waals surface area contributed by atoms with Crippen LogP contribution in [0.2, 0.25) is 0 Å². The van der Waals surface area contributed by atoms with Crippen molar-refractivity contribution >= 4 is 28.9 Å². The minimum Gasteiger partial charge on any atom is -0.361 e. The third-order valence-electron chi connectivity index (χ3n) is 2.09. The fraction of sp³-hybridized carbons (Fsp3) is 0.889. The van der Waals surface area contributed by atoms with E-state index >= 15 is 0 Å². The first kappa shape index (κ1) is 10.3. The summed E-state index contributed by atoms with van der Waals surface area (Å²) >= 11 is 2.45. The van der Waals surface area contributed by atoms with Crippen molar-refractivity contribution in [3.8, 4) is 0 Å². The van der Waals surface area contributed by atoms with E-state index in [2.05, 4.69) is 32.5 Å². The minimum absolute atomic E-state index is 1.01. The van der Waals surface area contributed by atoms with E-state index in [9.17, 15) is 0 Å². The number of hydrogen-bond acceptors (Lipinski definition) is 2. The predicted molar refractivity (Wildman–Crippen MR) is 62.3 cm³/mol. The van der Waals surface area contributed by atoms with E-state index in [-0.39, 0.29) is 0 Å². The molecule has 0 unspecified atom stereocenters. The first-order chi connectivity index (χ1) is 5.93. The predicted octanol–water partition coefficient (Wildman–Crippen LogP) is 2.33. The van der Waals surface area contributed by atoms with E-state index in [1.165, 1.54) is 36.7 Å². The molecule has 0 N–H and O–H groups in total. The minimum atomic E-state index is 1.01. The van der Waals surface area contributed by atoms with Gasteiger partial charge in [0.25, 0.3) is 0 Å². The lowest BCUT2D eigenvalue weighted by Gasteiger charge is -2.12. The Morgan fingerprint density at radius 2 is 2.08 bits per heavy atom. The van der Waals surface area contributed by atoms with Gasteiger partial charge in [-0.2, -0.15) is 0 Å². The Labute approximate surface area is 88.6 Å². The van der Waals surface area contributed by atoms with Gasteiger partial charge in [0.05, 0.1) is 12.9 Å². The highest BCUT2D eigenvalue weighted by Crippen LogP contribution is 2.04. The Morgan fingerprint density at radius 1 is 1.25 bits per heavy atom. The molecular weight excluding hydrogens is 263 g/mol. The van der Waals surface area contributed by atoms with Crippen LogP contribution < -0.4 is 0 Å². The zero-order valence-electron chi connectivity index (χ0n) is 7.51. The molecule has 0 aliphatic carbocycles. The molecular formula is C9H17IN2. The van der Waals surface area contributed by atoms with Gasteiger partial charge in [0.2, 0.25) is 0 Å². The molecule has 1 aliphatic heterocycles. The lowest BCUT2D eigenvalue weighted by Crippen LogP contribution is -2.20. The van der Waals surface area contributed by atoms with Crippen molar-refractivity contribution in [3.63, 3.8) is 0 Å². The highest BCUT2D eigenvalue weighted by atomic mass is 127. The van der Waals surface area contributed by atoms with Crippen molar-refractivity contribution in [2.75, 3.05) is 24.1 Å². The molecule has 0 aromatic heterocycles. The number of hydrogen-bond donors (Lipinski definition) is 0. The Balaban J connectivity index is 1.85. The Kier molecular flexibility index (Phi) is 5.73. The first-order valence-electron chi connectivity index (χ1n) is 4.73. The molecule has 0 bridgehead atoms. The van der Waals surface area contributed by atoms with E-state index in [0.717, 1.165) is 13.1 Å². The molecule has 12 heavy (non-hydrogen) atoms. The van der Waals surface area contributed by atoms with Crippen LogP contribution in [0, 0.1) is 0 Å². The van der Waals surface area contributed by atoms with Crippen LogP contribution in [0.5, 0.6) is 0 Å². The van der Waals surface area contributed by atoms with Gasteiger partial charge in [-0.05, 0) is 17.3 Å². The highest BCUT2D eigenvalue weighted by molar-refractivity contribution is 14.1. The van der Waals surface area contributed by atoms with Gasteiger partial charge in [-0.3, -0.25) is 4.99 Å². The van der Waals surface area contributed by atoms with Gasteiger partial charge >= 0.3 is 0 Å². The van der Waals surface area contributed by atoms with Crippen molar-refractivity contribution in [3.05, 3.63) is 0 Å². The maximum atomic E-state index is 4.18. The Bertz CT molecular complexity index is 136. The zero-order valence-corrected chi connectivity index (χ0v) is 9.66. The fourth-order valence-electron chi connectivity index (χ4n) is 1.35. The average molecular weight is 280 g/mol. The third-order valence-corrected chi connectivity index (χ3v) is 2.85. The van der Waals surface area contributed by atoms with Gasteiger partial charge < -0.3 is 4.90 Å². The highest BCUT2D eigenvalue weighted by Gasteiger charge is 2.03. The summed E-state index contributed by atoms with van der Waals surface area (Å²) in [6.07, 6.45) is 7.50. The average Bonchev–Trinajstić information content (AvgIpc) is 2.57. The standard InChI is InChI=1S/C9H17IN2/c10-5-3-1-2-4-7-12-8-6-11-9-12/h9H,1-8H2. The van der Waals surface area contributed by atoms with E-state index in [0.29, 0.717) is 0 Å². The summed E-state index contributed by atoms with van der Waals surface area (Å²) in [6.45, 7) is 3.37. The van der Waals surface area contributed by atoms with Gasteiger partial charge in [-0.25, -0.2) is 0 Å². The van der Waals surface area contributed by atoms with Crippen LogP contribution in [-0.2, 0) is 0 Å². The zero-order chi connectivity index (χ0) is 8.65. The molecule has 0 spiro atoms. The SMILES string of the molecule is ICCCCCCN1C=NCC1. The van der Waals surface area contributed by atoms with Crippen molar-refractivity contribution < 1.29 is 0 Å². The molecule has 1 heterocycles. The van der Waals surface area contributed by atoms with Gasteiger partial charge in [0.1, 0.15) is 0 Å². The molecule has 70 valence electrons. The van der Waals surface area contributed by atoms with E-state index in [1.807, 2.05) is 6.34 Å². The molecule has 0 saturated heterocycles. The Morgan fingerprint density at radius 3 is 2.75 bits per heavy atom. The number of halogens is 1. The smallest absolute Gasteiger partial charge is 0.0851 e. The second-order valence-electron chi connectivity index (χ2n) is 3.16. The van der Waals surface area contributed by atoms with Gasteiger partial charge in [0.15, 0.2) is 0 Å². The number of alkyl halides is 1. The van der Waals surface area contributed by atoms with Gasteiger partial charge in [-0.15, -0.1) is 0 Å². The van der Waals surface area contributed by atoms with Crippen LogP contribution in [0.3, 0.4) is 0 Å². The summed E-state index contributed by atoms with van der Waals surface area (Å²) in [4.78, 5) is 6.50. The van der Waals surface area contributed by atoms with Crippen LogP contribution in [0.4, 0.5) is 0 Å². The number of unbranched alkanes of at least 4 members (excludes halogenated alkanes) is 3. The maximum absolute atomic E-state index is 4.18.